The number of allylic oxidation sites excluding steroid dienone is 3. The van der Waals surface area contributed by atoms with Crippen molar-refractivity contribution in [1.29, 1.82) is 0 Å². The number of thiazole rings is 1. The Morgan fingerprint density at radius 3 is 2.51 bits per heavy atom. The lowest BCUT2D eigenvalue weighted by Crippen LogP contribution is -2.50. The quantitative estimate of drug-likeness (QED) is 0.109. The van der Waals surface area contributed by atoms with Crippen molar-refractivity contribution < 1.29 is 24.3 Å². The van der Waals surface area contributed by atoms with Crippen LogP contribution in [0.4, 0.5) is 0 Å². The molecule has 10 rings (SSSR count). The lowest BCUT2D eigenvalue weighted by atomic mass is 9.89. The maximum atomic E-state index is 14.4. The summed E-state index contributed by atoms with van der Waals surface area (Å²) in [4.78, 5) is 45.2. The second kappa shape index (κ2) is 18.8. The minimum Gasteiger partial charge on any atom is -0.507 e. The first-order valence-electron chi connectivity index (χ1n) is 23.8. The third kappa shape index (κ3) is 8.91. The third-order valence-electron chi connectivity index (χ3n) is 14.3. The molecule has 3 N–H and O–H groups in total. The number of para-hydroxylation sites is 1. The van der Waals surface area contributed by atoms with Gasteiger partial charge in [0.15, 0.2) is 0 Å². The molecule has 5 aliphatic rings. The normalized spacial score (nSPS) is 22.1. The molecule has 5 atom stereocenters. The number of carbonyl (C=O) groups is 2. The van der Waals surface area contributed by atoms with E-state index in [1.54, 1.807) is 17.4 Å². The van der Waals surface area contributed by atoms with E-state index in [1.807, 2.05) is 70.7 Å². The summed E-state index contributed by atoms with van der Waals surface area (Å²) in [6, 6.07) is 12.9. The van der Waals surface area contributed by atoms with Crippen LogP contribution in [-0.2, 0) is 9.59 Å². The van der Waals surface area contributed by atoms with Crippen molar-refractivity contribution in [2.24, 2.45) is 16.8 Å². The van der Waals surface area contributed by atoms with Gasteiger partial charge in [-0.3, -0.25) is 9.59 Å². The molecule has 1 unspecified atom stereocenters. The number of aromatic hydroxyl groups is 1. The van der Waals surface area contributed by atoms with Crippen LogP contribution < -0.4 is 5.32 Å². The molecule has 68 heavy (non-hydrogen) atoms. The fourth-order valence-corrected chi connectivity index (χ4v) is 11.6. The number of hydrogen-bond donors (Lipinski definition) is 3. The number of amides is 2. The number of nitrogens with one attached hydrogen (secondary N) is 1. The van der Waals surface area contributed by atoms with Crippen LogP contribution in [-0.4, -0.2) is 118 Å². The standard InChI is InChI=1S/C51H58N10O5S2/c1-28(2)46(50(65)60-26-36(62)20-43(60)48(64)54-49(67)29(3)31-10-12-33(13-11-31)47-30(4)53-27-68-47)45-23-38(57-66-45)34-24-52-51(58(5)25-34)59-18-16-32(17-19-59)41-22-40-42(61(41)35-14-15-35)21-39(55-56-40)37-8-6-7-9-44(37)63/h6-12,21-24,27-29,32-33,35-36,43,46,62-63H,13-20,25-26H2,1-5H3,(H,54,64,67)/t29-,33?,36+,43-,46-/m0/s1. The number of fused-ring (bicyclic) bond motifs is 1. The fraction of sp³-hybridized carbons (Fsp3) is 0.451. The number of nitrogens with zero attached hydrogens (tertiary/aromatic N) is 9. The topological polar surface area (TPSA) is 178 Å². The molecule has 4 aromatic heterocycles. The van der Waals surface area contributed by atoms with Crippen LogP contribution in [0.25, 0.3) is 27.9 Å². The van der Waals surface area contributed by atoms with Gasteiger partial charge in [-0.25, -0.2) is 9.98 Å². The highest BCUT2D eigenvalue weighted by Crippen LogP contribution is 2.44. The zero-order valence-corrected chi connectivity index (χ0v) is 40.7. The molecular formula is C51H58N10O5S2. The van der Waals surface area contributed by atoms with Crippen LogP contribution in [0, 0.1) is 18.8 Å². The molecule has 3 fully saturated rings. The monoisotopic (exact) mass is 954 g/mol. The molecule has 2 amide bonds. The van der Waals surface area contributed by atoms with Crippen molar-refractivity contribution in [3.63, 3.8) is 0 Å². The van der Waals surface area contributed by atoms with E-state index < -0.39 is 24.0 Å². The molecule has 354 valence electrons. The summed E-state index contributed by atoms with van der Waals surface area (Å²) in [5.41, 5.74) is 10.0. The number of rotatable bonds is 11. The van der Waals surface area contributed by atoms with Crippen LogP contribution in [0.5, 0.6) is 5.75 Å². The van der Waals surface area contributed by atoms with Gasteiger partial charge in [-0.15, -0.1) is 21.5 Å². The number of hydrogen-bond acceptors (Lipinski definition) is 14. The van der Waals surface area contributed by atoms with Crippen LogP contribution in [0.15, 0.2) is 87.5 Å². The summed E-state index contributed by atoms with van der Waals surface area (Å²) >= 11 is 7.41. The van der Waals surface area contributed by atoms with E-state index in [4.69, 9.17) is 21.7 Å². The Balaban J connectivity index is 0.782. The molecule has 0 bridgehead atoms. The van der Waals surface area contributed by atoms with Crippen molar-refractivity contribution in [2.45, 2.75) is 102 Å². The molecule has 0 spiro atoms. The van der Waals surface area contributed by atoms with Crippen molar-refractivity contribution in [3.05, 3.63) is 106 Å². The van der Waals surface area contributed by atoms with E-state index in [1.165, 1.54) is 15.5 Å². The third-order valence-corrected chi connectivity index (χ3v) is 15.9. The molecule has 3 aliphatic heterocycles. The molecular weight excluding hydrogens is 897 g/mol. The molecule has 15 nitrogen and oxygen atoms in total. The van der Waals surface area contributed by atoms with E-state index >= 15 is 0 Å². The number of guanidine groups is 1. The van der Waals surface area contributed by atoms with Gasteiger partial charge in [0.05, 0.1) is 33.5 Å². The van der Waals surface area contributed by atoms with Crippen LogP contribution in [0.2, 0.25) is 0 Å². The van der Waals surface area contributed by atoms with Crippen molar-refractivity contribution in [3.8, 4) is 17.0 Å². The SMILES string of the molecule is Cc1ncsc1C1C=CC([C@H](C)C(=S)NC(=O)[C@@H]2C[C@@H](O)CN2C(=O)[C@H](c2cc(C3=CN=C(N4CCC(c5cc6nnc(-c7ccccc7O)cc6n5C5CC5)CC4)N(C)C3)no2)C(C)C)=CC1. The van der Waals surface area contributed by atoms with Gasteiger partial charge >= 0.3 is 0 Å². The Kier molecular flexibility index (Phi) is 12.6. The number of piperidine rings is 1. The van der Waals surface area contributed by atoms with Gasteiger partial charge in [0.2, 0.25) is 17.8 Å². The molecule has 1 saturated carbocycles. The first-order chi connectivity index (χ1) is 32.8. The number of likely N-dealkylation sites (tertiary alicyclic amines) is 2. The van der Waals surface area contributed by atoms with Crippen molar-refractivity contribution in [1.82, 2.24) is 44.9 Å². The average molecular weight is 955 g/mol. The van der Waals surface area contributed by atoms with Gasteiger partial charge in [0, 0.05) is 97.4 Å². The number of carbonyl (C=O) groups excluding carboxylic acids is 2. The van der Waals surface area contributed by atoms with Crippen molar-refractivity contribution >= 4 is 62.9 Å². The molecule has 2 aliphatic carbocycles. The smallest absolute Gasteiger partial charge is 0.247 e. The second-order valence-electron chi connectivity index (χ2n) is 19.4. The average Bonchev–Trinajstić information content (AvgIpc) is 3.62. The van der Waals surface area contributed by atoms with E-state index in [9.17, 15) is 19.8 Å². The van der Waals surface area contributed by atoms with Gasteiger partial charge in [-0.1, -0.05) is 68.5 Å². The largest absolute Gasteiger partial charge is 0.507 e. The summed E-state index contributed by atoms with van der Waals surface area (Å²) in [7, 11) is 2.03. The summed E-state index contributed by atoms with van der Waals surface area (Å²) < 4.78 is 8.41. The number of aryl methyl sites for hydroxylation is 1. The van der Waals surface area contributed by atoms with Crippen LogP contribution in [0.3, 0.4) is 0 Å². The summed E-state index contributed by atoms with van der Waals surface area (Å²) in [6.45, 7) is 10.2. The first kappa shape index (κ1) is 45.7. The summed E-state index contributed by atoms with van der Waals surface area (Å²) in [6.07, 6.45) is 12.6. The minimum absolute atomic E-state index is 0.0286. The van der Waals surface area contributed by atoms with Gasteiger partial charge in [0.1, 0.15) is 34.7 Å². The predicted octanol–water partition coefficient (Wildman–Crippen LogP) is 7.86. The number of β-amino-alcohol motifs (C(OH)–C–C–N with tert-alkyl or cyclic N) is 1. The van der Waals surface area contributed by atoms with Crippen LogP contribution >= 0.6 is 23.6 Å². The van der Waals surface area contributed by atoms with Gasteiger partial charge < -0.3 is 39.3 Å². The lowest BCUT2D eigenvalue weighted by Gasteiger charge is -2.38. The highest BCUT2D eigenvalue weighted by Gasteiger charge is 2.44. The van der Waals surface area contributed by atoms with Gasteiger partial charge in [-0.2, -0.15) is 0 Å². The summed E-state index contributed by atoms with van der Waals surface area (Å²) in [5, 5.41) is 37.8. The molecule has 2 saturated heterocycles. The zero-order chi connectivity index (χ0) is 47.4. The lowest BCUT2D eigenvalue weighted by molar-refractivity contribution is -0.140. The number of aliphatic hydroxyl groups is 1. The number of likely N-dealkylation sites (N-methyl/N-ethyl adjacent to an activating group) is 1. The highest BCUT2D eigenvalue weighted by atomic mass is 32.1. The minimum atomic E-state index is -0.893. The van der Waals surface area contributed by atoms with Crippen LogP contribution in [0.1, 0.15) is 111 Å². The van der Waals surface area contributed by atoms with Crippen molar-refractivity contribution in [2.75, 3.05) is 33.2 Å². The number of aliphatic hydroxyl groups excluding tert-OH is 1. The Morgan fingerprint density at radius 1 is 1.03 bits per heavy atom. The Morgan fingerprint density at radius 2 is 1.82 bits per heavy atom. The Bertz CT molecular complexity index is 2880. The Labute approximate surface area is 405 Å². The number of aromatic nitrogens is 5. The number of phenolic OH excluding ortho intramolecular Hbond substituents is 1. The molecule has 5 aromatic rings. The molecule has 17 heteroatoms. The Hall–Kier alpha value is -6.04. The maximum absolute atomic E-state index is 14.4. The van der Waals surface area contributed by atoms with Gasteiger partial charge in [-0.05, 0) is 74.8 Å². The predicted molar refractivity (Wildman–Crippen MR) is 266 cm³/mol. The zero-order valence-electron chi connectivity index (χ0n) is 39.1. The number of benzene rings is 1. The number of phenols is 1. The van der Waals surface area contributed by atoms with E-state index in [0.717, 1.165) is 79.0 Å². The van der Waals surface area contributed by atoms with E-state index in [-0.39, 0.29) is 42.4 Å². The van der Waals surface area contributed by atoms with E-state index in [2.05, 4.69) is 70.4 Å². The molecule has 7 heterocycles. The fourth-order valence-electron chi connectivity index (χ4n) is 10.4. The van der Waals surface area contributed by atoms with Gasteiger partial charge in [0.25, 0.3) is 0 Å². The maximum Gasteiger partial charge on any atom is 0.247 e. The number of aliphatic imine (C=N–C) groups is 1. The number of thiocarbonyl (C=S) groups is 1. The molecule has 0 radical (unpaired) electrons. The van der Waals surface area contributed by atoms with E-state index in [0.29, 0.717) is 46.2 Å². The second-order valence-corrected chi connectivity index (χ2v) is 20.7. The first-order valence-corrected chi connectivity index (χ1v) is 25.1. The highest BCUT2D eigenvalue weighted by molar-refractivity contribution is 7.80. The summed E-state index contributed by atoms with van der Waals surface area (Å²) in [5.74, 6) is 0.275. The molecule has 1 aromatic carbocycles.